The normalized spacial score (nSPS) is 31.2. The van der Waals surface area contributed by atoms with Gasteiger partial charge in [-0.3, -0.25) is 4.68 Å². The average Bonchev–Trinajstić information content (AvgIpc) is 3.23. The largest absolute Gasteiger partial charge is 0.497 e. The van der Waals surface area contributed by atoms with E-state index in [1.807, 2.05) is 37.4 Å². The molecule has 2 fully saturated rings. The molecule has 5 unspecified atom stereocenters. The van der Waals surface area contributed by atoms with Crippen LogP contribution < -0.4 is 10.1 Å². The molecule has 0 saturated carbocycles. The lowest BCUT2D eigenvalue weighted by molar-refractivity contribution is -0.168. The smallest absolute Gasteiger partial charge is 0.183 e. The number of benzene rings is 1. The zero-order valence-corrected chi connectivity index (χ0v) is 14.3. The molecular weight excluding hydrogens is 322 g/mol. The van der Waals surface area contributed by atoms with Gasteiger partial charge in [0, 0.05) is 12.7 Å². The number of aryl methyl sites for hydroxylation is 1. The summed E-state index contributed by atoms with van der Waals surface area (Å²) in [6, 6.07) is 7.26. The predicted octanol–water partition coefficient (Wildman–Crippen LogP) is 1.02. The first kappa shape index (κ1) is 16.5. The Balaban J connectivity index is 1.50. The van der Waals surface area contributed by atoms with Crippen LogP contribution in [-0.4, -0.2) is 53.1 Å². The van der Waals surface area contributed by atoms with Crippen molar-refractivity contribution >= 4 is 0 Å². The maximum Gasteiger partial charge on any atom is 0.183 e. The summed E-state index contributed by atoms with van der Waals surface area (Å²) < 4.78 is 18.7. The molecule has 2 aromatic rings. The summed E-state index contributed by atoms with van der Waals surface area (Å²) in [4.78, 5) is 0. The molecule has 2 saturated heterocycles. The second kappa shape index (κ2) is 6.76. The number of rotatable bonds is 5. The zero-order valence-electron chi connectivity index (χ0n) is 14.3. The van der Waals surface area contributed by atoms with Gasteiger partial charge in [-0.2, -0.15) is 5.10 Å². The van der Waals surface area contributed by atoms with Crippen LogP contribution in [0.5, 0.6) is 5.75 Å². The van der Waals surface area contributed by atoms with Crippen LogP contribution in [0.15, 0.2) is 36.7 Å². The van der Waals surface area contributed by atoms with E-state index in [0.29, 0.717) is 13.2 Å². The molecule has 0 radical (unpaired) electrons. The van der Waals surface area contributed by atoms with Gasteiger partial charge in [0.05, 0.1) is 32.1 Å². The fraction of sp³-hybridized carbons (Fsp3) is 0.500. The van der Waals surface area contributed by atoms with Crippen LogP contribution in [0.1, 0.15) is 17.2 Å². The molecule has 0 amide bonds. The van der Waals surface area contributed by atoms with Gasteiger partial charge in [0.15, 0.2) is 6.29 Å². The molecule has 5 atom stereocenters. The molecule has 0 aliphatic carbocycles. The number of nitrogens with zero attached hydrogens (tertiary/aromatic N) is 2. The SMILES string of the molecule is COc1cccc(CNC2C3COC(O3)C(n3cc(C)cn3)C2O)c1. The Morgan fingerprint density at radius 3 is 3.08 bits per heavy atom. The Hall–Kier alpha value is -1.93. The van der Waals surface area contributed by atoms with Crippen molar-refractivity contribution in [1.29, 1.82) is 0 Å². The van der Waals surface area contributed by atoms with Gasteiger partial charge in [-0.25, -0.2) is 0 Å². The zero-order chi connectivity index (χ0) is 17.4. The summed E-state index contributed by atoms with van der Waals surface area (Å²) in [5.41, 5.74) is 2.12. The highest BCUT2D eigenvalue weighted by Crippen LogP contribution is 2.35. The van der Waals surface area contributed by atoms with E-state index in [2.05, 4.69) is 10.4 Å². The Labute approximate surface area is 146 Å². The number of methoxy groups -OCH3 is 1. The minimum Gasteiger partial charge on any atom is -0.497 e. The van der Waals surface area contributed by atoms with E-state index in [1.54, 1.807) is 18.0 Å². The standard InChI is InChI=1S/C18H23N3O4/c1-11-7-20-21(9-11)16-17(22)15(14-10-24-18(16)25-14)19-8-12-4-3-5-13(6-12)23-2/h3-7,9,14-19,22H,8,10H2,1-2H3. The Morgan fingerprint density at radius 2 is 2.32 bits per heavy atom. The van der Waals surface area contributed by atoms with Crippen molar-refractivity contribution in [3.05, 3.63) is 47.8 Å². The molecule has 2 bridgehead atoms. The monoisotopic (exact) mass is 345 g/mol. The van der Waals surface area contributed by atoms with E-state index in [1.165, 1.54) is 0 Å². The fourth-order valence-corrected chi connectivity index (χ4v) is 3.55. The Morgan fingerprint density at radius 1 is 1.44 bits per heavy atom. The highest BCUT2D eigenvalue weighted by molar-refractivity contribution is 5.28. The lowest BCUT2D eigenvalue weighted by Crippen LogP contribution is -2.57. The van der Waals surface area contributed by atoms with Crippen LogP contribution in [0.3, 0.4) is 0 Å². The summed E-state index contributed by atoms with van der Waals surface area (Å²) in [5, 5.41) is 18.7. The van der Waals surface area contributed by atoms with Crippen LogP contribution >= 0.6 is 0 Å². The number of aliphatic hydroxyl groups excluding tert-OH is 1. The molecule has 134 valence electrons. The van der Waals surface area contributed by atoms with Crippen LogP contribution in [0, 0.1) is 6.92 Å². The van der Waals surface area contributed by atoms with Crippen molar-refractivity contribution in [1.82, 2.24) is 15.1 Å². The first-order chi connectivity index (χ1) is 12.2. The summed E-state index contributed by atoms with van der Waals surface area (Å²) in [5.74, 6) is 0.814. The fourth-order valence-electron chi connectivity index (χ4n) is 3.55. The van der Waals surface area contributed by atoms with Gasteiger partial charge in [0.1, 0.15) is 17.9 Å². The Bertz CT molecular complexity index is 735. The molecule has 7 heteroatoms. The quantitative estimate of drug-likeness (QED) is 0.842. The van der Waals surface area contributed by atoms with Crippen molar-refractivity contribution in [3.8, 4) is 5.75 Å². The van der Waals surface area contributed by atoms with Gasteiger partial charge in [0.2, 0.25) is 0 Å². The average molecular weight is 345 g/mol. The van der Waals surface area contributed by atoms with E-state index in [9.17, 15) is 5.11 Å². The van der Waals surface area contributed by atoms with Crippen LogP contribution in [0.25, 0.3) is 0 Å². The number of aromatic nitrogens is 2. The lowest BCUT2D eigenvalue weighted by Gasteiger charge is -2.38. The van der Waals surface area contributed by atoms with Gasteiger partial charge in [0.25, 0.3) is 0 Å². The molecule has 2 aliphatic heterocycles. The highest BCUT2D eigenvalue weighted by Gasteiger charge is 2.51. The van der Waals surface area contributed by atoms with Crippen LogP contribution in [-0.2, 0) is 16.0 Å². The van der Waals surface area contributed by atoms with Crippen molar-refractivity contribution < 1.29 is 19.3 Å². The minimum absolute atomic E-state index is 0.168. The molecule has 1 aromatic heterocycles. The molecule has 0 spiro atoms. The highest BCUT2D eigenvalue weighted by atomic mass is 16.7. The van der Waals surface area contributed by atoms with Crippen LogP contribution in [0.2, 0.25) is 0 Å². The molecule has 2 aliphatic rings. The van der Waals surface area contributed by atoms with E-state index in [0.717, 1.165) is 16.9 Å². The number of hydrogen-bond donors (Lipinski definition) is 2. The third-order valence-electron chi connectivity index (χ3n) is 4.84. The summed E-state index contributed by atoms with van der Waals surface area (Å²) in [6.45, 7) is 3.04. The van der Waals surface area contributed by atoms with Crippen molar-refractivity contribution in [2.75, 3.05) is 13.7 Å². The number of nitrogens with one attached hydrogen (secondary N) is 1. The molecule has 3 heterocycles. The number of fused-ring (bicyclic) bond motifs is 2. The molecule has 4 rings (SSSR count). The second-order valence-electron chi connectivity index (χ2n) is 6.61. The maximum atomic E-state index is 10.9. The predicted molar refractivity (Wildman–Crippen MR) is 90.2 cm³/mol. The molecule has 7 nitrogen and oxygen atoms in total. The van der Waals surface area contributed by atoms with E-state index >= 15 is 0 Å². The van der Waals surface area contributed by atoms with Crippen molar-refractivity contribution in [3.63, 3.8) is 0 Å². The number of aliphatic hydroxyl groups is 1. The summed E-state index contributed by atoms with van der Waals surface area (Å²) in [6.07, 6.45) is 2.38. The first-order valence-electron chi connectivity index (χ1n) is 8.48. The van der Waals surface area contributed by atoms with E-state index < -0.39 is 12.4 Å². The Kier molecular flexibility index (Phi) is 4.47. The minimum atomic E-state index is -0.656. The van der Waals surface area contributed by atoms with Crippen LogP contribution in [0.4, 0.5) is 0 Å². The van der Waals surface area contributed by atoms with Gasteiger partial charge in [-0.1, -0.05) is 12.1 Å². The van der Waals surface area contributed by atoms with Gasteiger partial charge in [-0.05, 0) is 30.2 Å². The second-order valence-corrected chi connectivity index (χ2v) is 6.61. The van der Waals surface area contributed by atoms with Gasteiger partial charge in [-0.15, -0.1) is 0 Å². The van der Waals surface area contributed by atoms with Gasteiger partial charge >= 0.3 is 0 Å². The molecular formula is C18H23N3O4. The third kappa shape index (κ3) is 3.16. The maximum absolute atomic E-state index is 10.9. The topological polar surface area (TPSA) is 77.8 Å². The van der Waals surface area contributed by atoms with Crippen molar-refractivity contribution in [2.24, 2.45) is 0 Å². The summed E-state index contributed by atoms with van der Waals surface area (Å²) in [7, 11) is 1.65. The molecule has 25 heavy (non-hydrogen) atoms. The van der Waals surface area contributed by atoms with E-state index in [-0.39, 0.29) is 18.2 Å². The summed E-state index contributed by atoms with van der Waals surface area (Å²) >= 11 is 0. The number of ether oxygens (including phenoxy) is 3. The third-order valence-corrected chi connectivity index (χ3v) is 4.84. The lowest BCUT2D eigenvalue weighted by atomic mass is 9.96. The number of hydrogen-bond acceptors (Lipinski definition) is 6. The molecule has 2 N–H and O–H groups in total. The van der Waals surface area contributed by atoms with Gasteiger partial charge < -0.3 is 24.6 Å². The molecule has 1 aromatic carbocycles. The van der Waals surface area contributed by atoms with E-state index in [4.69, 9.17) is 14.2 Å². The first-order valence-corrected chi connectivity index (χ1v) is 8.48. The van der Waals surface area contributed by atoms with Crippen molar-refractivity contribution in [2.45, 2.75) is 44.1 Å².